The third kappa shape index (κ3) is 8.73. The molecule has 0 aliphatic heterocycles. The highest BCUT2D eigenvalue weighted by Crippen LogP contribution is 2.46. The fourth-order valence-electron chi connectivity index (χ4n) is 11.4. The van der Waals surface area contributed by atoms with Gasteiger partial charge in [0.1, 0.15) is 0 Å². The first kappa shape index (κ1) is 53.1. The van der Waals surface area contributed by atoms with Crippen molar-refractivity contribution < 1.29 is 13.2 Å². The summed E-state index contributed by atoms with van der Waals surface area (Å²) in [6.45, 7) is 0. The van der Waals surface area contributed by atoms with E-state index in [0.717, 1.165) is 12.1 Å². The summed E-state index contributed by atoms with van der Waals surface area (Å²) in [6.07, 6.45) is -4.81. The molecule has 2 aromatic heterocycles. The average molecular weight is 1110 g/mol. The van der Waals surface area contributed by atoms with Gasteiger partial charge < -0.3 is 9.13 Å². The highest BCUT2D eigenvalue weighted by Gasteiger charge is 2.32. The molecule has 0 N–H and O–H groups in total. The number of hydrogen-bond acceptors (Lipinski definition) is 10. The molecule has 394 valence electrons. The molecule has 15 heteroatoms. The first-order valence-corrected chi connectivity index (χ1v) is 25.9. The van der Waals surface area contributed by atoms with Crippen molar-refractivity contribution in [2.24, 2.45) is 0 Å². The molecule has 0 aliphatic rings. The van der Waals surface area contributed by atoms with Crippen molar-refractivity contribution in [2.75, 3.05) is 0 Å². The molecule has 0 radical (unpaired) electrons. The zero-order valence-electron chi connectivity index (χ0n) is 44.2. The van der Waals surface area contributed by atoms with Crippen molar-refractivity contribution in [3.8, 4) is 128 Å². The van der Waals surface area contributed by atoms with Crippen molar-refractivity contribution in [3.05, 3.63) is 237 Å². The van der Waals surface area contributed by atoms with Gasteiger partial charge in [0.2, 0.25) is 0 Å². The number of nitrogens with zero attached hydrogens (tertiary/aromatic N) is 12. The Labute approximate surface area is 487 Å². The van der Waals surface area contributed by atoms with Crippen LogP contribution in [0.4, 0.5) is 13.2 Å². The fraction of sp³-hybridized carbons (Fsp3) is 0.0141. The maximum absolute atomic E-state index is 14.3. The minimum absolute atomic E-state index is 0.0178. The number of fused-ring (bicyclic) bond motifs is 6. The van der Waals surface area contributed by atoms with Gasteiger partial charge in [-0.3, -0.25) is 0 Å². The second kappa shape index (κ2) is 20.9. The number of nitriles is 10. The first-order chi connectivity index (χ1) is 41.8. The summed E-state index contributed by atoms with van der Waals surface area (Å²) in [6, 6.07) is 68.8. The predicted octanol–water partition coefficient (Wildman–Crippen LogP) is 16.0. The number of alkyl halides is 3. The normalized spacial score (nSPS) is 10.8. The van der Waals surface area contributed by atoms with Crippen LogP contribution in [0.2, 0.25) is 0 Å². The van der Waals surface area contributed by atoms with E-state index in [1.807, 2.05) is 88.0 Å². The monoisotopic (exact) mass is 1110 g/mol. The number of halogens is 3. The molecule has 0 saturated heterocycles. The fourth-order valence-corrected chi connectivity index (χ4v) is 11.4. The van der Waals surface area contributed by atoms with Crippen molar-refractivity contribution in [2.45, 2.75) is 6.18 Å². The molecule has 0 spiro atoms. The van der Waals surface area contributed by atoms with Crippen molar-refractivity contribution >= 4 is 43.6 Å². The third-order valence-corrected chi connectivity index (χ3v) is 15.3. The van der Waals surface area contributed by atoms with Crippen molar-refractivity contribution in [3.63, 3.8) is 0 Å². The SMILES string of the molecule is N#Cc1ccc(-c2ccc3c(c2)c2cc(-c4ccc(C#N)cc4C#N)ccc2n3-c2cc(C#N)c(-c3ccc(C(F)(F)F)cc3C#N)cc2-n2c3ccc(-c4ccc(C#N)cc4C#N)cc3c3cc(-c4ccc(C#N)cc4C#N)ccc32)c(C#N)c1. The van der Waals surface area contributed by atoms with Crippen LogP contribution in [0.25, 0.3) is 111 Å². The lowest BCUT2D eigenvalue weighted by molar-refractivity contribution is -0.137. The van der Waals surface area contributed by atoms with E-state index in [1.165, 1.54) is 30.3 Å². The molecule has 2 heterocycles. The molecule has 0 unspecified atom stereocenters. The Hall–Kier alpha value is -13.5. The molecule has 12 nitrogen and oxygen atoms in total. The quantitative estimate of drug-likeness (QED) is 0.146. The maximum Gasteiger partial charge on any atom is 0.416 e. The van der Waals surface area contributed by atoms with Gasteiger partial charge in [-0.2, -0.15) is 65.8 Å². The minimum atomic E-state index is -4.81. The molecule has 0 aliphatic carbocycles. The van der Waals surface area contributed by atoms with E-state index in [2.05, 4.69) is 54.6 Å². The largest absolute Gasteiger partial charge is 0.416 e. The Morgan fingerprint density at radius 3 is 0.826 bits per heavy atom. The minimum Gasteiger partial charge on any atom is -0.307 e. The zero-order valence-corrected chi connectivity index (χ0v) is 44.2. The van der Waals surface area contributed by atoms with Crippen LogP contribution in [0.15, 0.2) is 176 Å². The molecule has 0 atom stereocenters. The van der Waals surface area contributed by atoms with E-state index in [1.54, 1.807) is 60.7 Å². The third-order valence-electron chi connectivity index (χ3n) is 15.3. The van der Waals surface area contributed by atoms with Crippen LogP contribution in [-0.4, -0.2) is 9.13 Å². The van der Waals surface area contributed by atoms with Crippen LogP contribution in [0, 0.1) is 113 Å². The lowest BCUT2D eigenvalue weighted by Crippen LogP contribution is -2.07. The second-order valence-corrected chi connectivity index (χ2v) is 19.9. The Balaban J connectivity index is 1.23. The van der Waals surface area contributed by atoms with Gasteiger partial charge in [0, 0.05) is 32.7 Å². The summed E-state index contributed by atoms with van der Waals surface area (Å²) in [5, 5.41) is 105. The van der Waals surface area contributed by atoms with Gasteiger partial charge in [0.25, 0.3) is 0 Å². The van der Waals surface area contributed by atoms with Gasteiger partial charge in [-0.25, -0.2) is 0 Å². The van der Waals surface area contributed by atoms with Gasteiger partial charge in [0.05, 0.1) is 155 Å². The summed E-state index contributed by atoms with van der Waals surface area (Å²) in [5.74, 6) is 0. The molecule has 86 heavy (non-hydrogen) atoms. The molecule has 0 saturated carbocycles. The van der Waals surface area contributed by atoms with Crippen LogP contribution in [0.5, 0.6) is 0 Å². The topological polar surface area (TPSA) is 248 Å². The molecule has 10 aromatic carbocycles. The Morgan fingerprint density at radius 1 is 0.256 bits per heavy atom. The van der Waals surface area contributed by atoms with Crippen LogP contribution < -0.4 is 0 Å². The highest BCUT2D eigenvalue weighted by atomic mass is 19.4. The second-order valence-electron chi connectivity index (χ2n) is 19.9. The Kier molecular flexibility index (Phi) is 12.9. The Morgan fingerprint density at radius 2 is 0.535 bits per heavy atom. The van der Waals surface area contributed by atoms with Crippen LogP contribution in [-0.2, 0) is 6.18 Å². The maximum atomic E-state index is 14.3. The van der Waals surface area contributed by atoms with E-state index in [0.29, 0.717) is 99.5 Å². The van der Waals surface area contributed by atoms with E-state index in [-0.39, 0.29) is 66.8 Å². The first-order valence-electron chi connectivity index (χ1n) is 25.9. The van der Waals surface area contributed by atoms with Gasteiger partial charge >= 0.3 is 6.18 Å². The van der Waals surface area contributed by atoms with Crippen molar-refractivity contribution in [1.82, 2.24) is 9.13 Å². The molecule has 12 aromatic rings. The smallest absolute Gasteiger partial charge is 0.307 e. The van der Waals surface area contributed by atoms with E-state index in [4.69, 9.17) is 0 Å². The van der Waals surface area contributed by atoms with E-state index < -0.39 is 11.7 Å². The summed E-state index contributed by atoms with van der Waals surface area (Å²) in [5.41, 5.74) is 8.26. The average Bonchev–Trinajstić information content (AvgIpc) is 2.05. The van der Waals surface area contributed by atoms with Crippen LogP contribution in [0.1, 0.15) is 61.2 Å². The summed E-state index contributed by atoms with van der Waals surface area (Å²) < 4.78 is 46.8. The van der Waals surface area contributed by atoms with E-state index >= 15 is 0 Å². The highest BCUT2D eigenvalue weighted by molar-refractivity contribution is 6.14. The number of rotatable bonds is 7. The lowest BCUT2D eigenvalue weighted by atomic mass is 9.93. The zero-order chi connectivity index (χ0) is 60.1. The van der Waals surface area contributed by atoms with Gasteiger partial charge in [-0.05, 0) is 166 Å². The van der Waals surface area contributed by atoms with Gasteiger partial charge in [-0.15, -0.1) is 0 Å². The number of hydrogen-bond donors (Lipinski definition) is 0. The van der Waals surface area contributed by atoms with Gasteiger partial charge in [0.15, 0.2) is 0 Å². The predicted molar refractivity (Wildman–Crippen MR) is 314 cm³/mol. The summed E-state index contributed by atoms with van der Waals surface area (Å²) >= 11 is 0. The molecule has 0 amide bonds. The molecular formula is C71H29F3N12. The molecule has 12 rings (SSSR count). The Bertz CT molecular complexity index is 5230. The summed E-state index contributed by atoms with van der Waals surface area (Å²) in [7, 11) is 0. The number of benzene rings is 10. The van der Waals surface area contributed by atoms with Gasteiger partial charge in [-0.1, -0.05) is 54.6 Å². The standard InChI is InChI=1S/C71H29F3N12/c72-71(73,74)54-9-14-59(52(23-54)38-83)60-29-70(86-67-17-7-46(57-12-3-42(32-77)21-50(57)36-81)26-63(67)64-27-47(8-18-68(64)86)58-13-4-43(33-78)22-51(58)37-82)69(28-53(60)39-84)85-65-15-5-44(55-10-1-40(30-75)19-48(55)34-79)24-61(65)62-25-45(6-16-66(62)85)56-11-2-41(31-76)20-49(56)35-80/h1-29H. The van der Waals surface area contributed by atoms with Crippen LogP contribution in [0.3, 0.4) is 0 Å². The summed E-state index contributed by atoms with van der Waals surface area (Å²) in [4.78, 5) is 0. The molecule has 0 bridgehead atoms. The lowest BCUT2D eigenvalue weighted by Gasteiger charge is -2.20. The number of aromatic nitrogens is 2. The van der Waals surface area contributed by atoms with Crippen molar-refractivity contribution in [1.29, 1.82) is 52.6 Å². The van der Waals surface area contributed by atoms with Crippen LogP contribution >= 0.6 is 0 Å². The molecular weight excluding hydrogens is 1080 g/mol. The van der Waals surface area contributed by atoms with E-state index in [9.17, 15) is 65.8 Å². The molecule has 0 fully saturated rings.